The monoisotopic (exact) mass is 369 g/mol. The van der Waals surface area contributed by atoms with Crippen LogP contribution in [0.1, 0.15) is 20.7 Å². The summed E-state index contributed by atoms with van der Waals surface area (Å²) in [7, 11) is -4.81. The zero-order valence-corrected chi connectivity index (χ0v) is 13.0. The molecule has 2 aromatic carbocycles. The molecule has 0 saturated carbocycles. The first kappa shape index (κ1) is 18.0. The van der Waals surface area contributed by atoms with Crippen molar-refractivity contribution in [2.45, 2.75) is 4.90 Å². The number of rotatable bonds is 4. The molecule has 0 radical (unpaired) electrons. The van der Waals surface area contributed by atoms with E-state index in [-0.39, 0.29) is 5.69 Å². The van der Waals surface area contributed by atoms with E-state index in [0.717, 1.165) is 12.1 Å². The molecule has 0 aromatic heterocycles. The van der Waals surface area contributed by atoms with Crippen molar-refractivity contribution in [1.82, 2.24) is 0 Å². The van der Waals surface area contributed by atoms with Gasteiger partial charge in [0.05, 0.1) is 5.56 Å². The first-order valence-electron chi connectivity index (χ1n) is 6.42. The van der Waals surface area contributed by atoms with E-state index in [1.54, 1.807) is 0 Å². The number of carbonyl (C=O) groups is 2. The van der Waals surface area contributed by atoms with E-state index < -0.39 is 55.3 Å². The van der Waals surface area contributed by atoms with Crippen molar-refractivity contribution in [2.75, 3.05) is 5.32 Å². The number of carboxylic acids is 1. The second-order valence-corrected chi connectivity index (χ2v) is 6.19. The molecule has 1 amide bonds. The minimum Gasteiger partial charge on any atom is -0.507 e. The van der Waals surface area contributed by atoms with Crippen molar-refractivity contribution in [3.63, 3.8) is 0 Å². The predicted molar refractivity (Wildman–Crippen MR) is 82.6 cm³/mol. The molecule has 0 aliphatic heterocycles. The van der Waals surface area contributed by atoms with E-state index in [9.17, 15) is 33.3 Å². The SMILES string of the molecule is O=C(O)c1cc(NC(=O)c2cc(O)c(S(=O)(=O)O)cc2O)ccc1O. The number of amides is 1. The summed E-state index contributed by atoms with van der Waals surface area (Å²) in [6, 6.07) is 4.27. The van der Waals surface area contributed by atoms with Gasteiger partial charge in [-0.1, -0.05) is 0 Å². The average Bonchev–Trinajstić information content (AvgIpc) is 2.49. The van der Waals surface area contributed by atoms with Gasteiger partial charge in [0.25, 0.3) is 16.0 Å². The fourth-order valence-electron chi connectivity index (χ4n) is 1.93. The highest BCUT2D eigenvalue weighted by atomic mass is 32.2. The lowest BCUT2D eigenvalue weighted by atomic mass is 10.1. The highest BCUT2D eigenvalue weighted by Crippen LogP contribution is 2.31. The van der Waals surface area contributed by atoms with Crippen molar-refractivity contribution in [2.24, 2.45) is 0 Å². The molecule has 6 N–H and O–H groups in total. The Kier molecular flexibility index (Phi) is 4.54. The van der Waals surface area contributed by atoms with Crippen LogP contribution in [0, 0.1) is 0 Å². The van der Waals surface area contributed by atoms with Crippen LogP contribution < -0.4 is 5.32 Å². The fraction of sp³-hybridized carbons (Fsp3) is 0. The summed E-state index contributed by atoms with van der Waals surface area (Å²) < 4.78 is 30.9. The number of benzene rings is 2. The lowest BCUT2D eigenvalue weighted by Crippen LogP contribution is -2.13. The van der Waals surface area contributed by atoms with Gasteiger partial charge in [0, 0.05) is 11.8 Å². The molecule has 0 atom stereocenters. The van der Waals surface area contributed by atoms with Crippen LogP contribution in [0.15, 0.2) is 35.2 Å². The molecule has 2 rings (SSSR count). The molecule has 0 fully saturated rings. The number of carboxylic acid groups (broad SMARTS) is 1. The smallest absolute Gasteiger partial charge is 0.339 e. The molecule has 25 heavy (non-hydrogen) atoms. The fourth-order valence-corrected chi connectivity index (χ4v) is 2.51. The Labute approximate surface area is 140 Å². The number of aromatic hydroxyl groups is 3. The second-order valence-electron chi connectivity index (χ2n) is 4.80. The maximum Gasteiger partial charge on any atom is 0.339 e. The summed E-state index contributed by atoms with van der Waals surface area (Å²) in [6.07, 6.45) is 0. The third-order valence-corrected chi connectivity index (χ3v) is 3.97. The summed E-state index contributed by atoms with van der Waals surface area (Å²) in [5.74, 6) is -4.78. The highest BCUT2D eigenvalue weighted by Gasteiger charge is 2.22. The van der Waals surface area contributed by atoms with E-state index in [1.165, 1.54) is 6.07 Å². The molecule has 0 spiro atoms. The minimum atomic E-state index is -4.81. The topological polar surface area (TPSA) is 181 Å². The first-order chi connectivity index (χ1) is 11.5. The van der Waals surface area contributed by atoms with Gasteiger partial charge in [0.1, 0.15) is 27.7 Å². The van der Waals surface area contributed by atoms with Crippen LogP contribution in [0.3, 0.4) is 0 Å². The Morgan fingerprint density at radius 3 is 2.08 bits per heavy atom. The minimum absolute atomic E-state index is 0.0436. The number of hydrogen-bond acceptors (Lipinski definition) is 7. The number of nitrogens with one attached hydrogen (secondary N) is 1. The maximum atomic E-state index is 12.1. The Morgan fingerprint density at radius 2 is 1.52 bits per heavy atom. The van der Waals surface area contributed by atoms with Crippen molar-refractivity contribution in [1.29, 1.82) is 0 Å². The van der Waals surface area contributed by atoms with Gasteiger partial charge in [0.15, 0.2) is 0 Å². The van der Waals surface area contributed by atoms with Crippen LogP contribution in [0.2, 0.25) is 0 Å². The quantitative estimate of drug-likeness (QED) is 0.338. The standard InChI is InChI=1S/C14H11NO9S/c16-9-2-1-6(3-8(9)14(20)21)15-13(19)7-4-11(18)12(5-10(7)17)25(22,23)24/h1-5,16-18H,(H,15,19)(H,20,21)(H,22,23,24). The lowest BCUT2D eigenvalue weighted by molar-refractivity contribution is 0.0693. The summed E-state index contributed by atoms with van der Waals surface area (Å²) in [6.45, 7) is 0. The largest absolute Gasteiger partial charge is 0.507 e. The van der Waals surface area contributed by atoms with Crippen LogP contribution in [0.5, 0.6) is 17.2 Å². The molecule has 0 aliphatic rings. The highest BCUT2D eigenvalue weighted by molar-refractivity contribution is 7.86. The van der Waals surface area contributed by atoms with Crippen molar-refractivity contribution < 1.29 is 43.0 Å². The lowest BCUT2D eigenvalue weighted by Gasteiger charge is -2.10. The van der Waals surface area contributed by atoms with Gasteiger partial charge in [-0.25, -0.2) is 4.79 Å². The van der Waals surface area contributed by atoms with Gasteiger partial charge < -0.3 is 25.7 Å². The molecule has 2 aromatic rings. The molecule has 11 heteroatoms. The average molecular weight is 369 g/mol. The molecule has 132 valence electrons. The van der Waals surface area contributed by atoms with Crippen molar-refractivity contribution in [3.05, 3.63) is 41.5 Å². The predicted octanol–water partition coefficient (Wildman–Crippen LogP) is 1.00. The zero-order chi connectivity index (χ0) is 18.9. The van der Waals surface area contributed by atoms with Gasteiger partial charge in [-0.2, -0.15) is 8.42 Å². The van der Waals surface area contributed by atoms with Crippen LogP contribution >= 0.6 is 0 Å². The molecule has 0 heterocycles. The maximum absolute atomic E-state index is 12.1. The van der Waals surface area contributed by atoms with Crippen molar-refractivity contribution in [3.8, 4) is 17.2 Å². The number of aromatic carboxylic acids is 1. The number of carbonyl (C=O) groups excluding carboxylic acids is 1. The van der Waals surface area contributed by atoms with Gasteiger partial charge in [-0.3, -0.25) is 9.35 Å². The van der Waals surface area contributed by atoms with Crippen LogP contribution in [0.4, 0.5) is 5.69 Å². The molecule has 0 bridgehead atoms. The molecule has 0 aliphatic carbocycles. The van der Waals surface area contributed by atoms with Gasteiger partial charge in [-0.05, 0) is 24.3 Å². The molecular weight excluding hydrogens is 358 g/mol. The molecular formula is C14H11NO9S. The molecule has 10 nitrogen and oxygen atoms in total. The number of phenolic OH excluding ortho intramolecular Hbond substituents is 2. The van der Waals surface area contributed by atoms with Crippen LogP contribution in [0.25, 0.3) is 0 Å². The first-order valence-corrected chi connectivity index (χ1v) is 7.86. The Bertz CT molecular complexity index is 982. The van der Waals surface area contributed by atoms with Crippen LogP contribution in [-0.2, 0) is 10.1 Å². The summed E-state index contributed by atoms with van der Waals surface area (Å²) in [5.41, 5.74) is -1.06. The molecule has 0 unspecified atom stereocenters. The third-order valence-electron chi connectivity index (χ3n) is 3.08. The normalized spacial score (nSPS) is 11.1. The van der Waals surface area contributed by atoms with Gasteiger partial charge in [0.2, 0.25) is 0 Å². The summed E-state index contributed by atoms with van der Waals surface area (Å²) in [5, 5.41) is 39.8. The number of phenols is 3. The number of hydrogen-bond donors (Lipinski definition) is 6. The van der Waals surface area contributed by atoms with E-state index in [2.05, 4.69) is 5.32 Å². The summed E-state index contributed by atoms with van der Waals surface area (Å²) >= 11 is 0. The molecule has 0 saturated heterocycles. The van der Waals surface area contributed by atoms with E-state index >= 15 is 0 Å². The number of anilines is 1. The Balaban J connectivity index is 2.38. The van der Waals surface area contributed by atoms with E-state index in [0.29, 0.717) is 12.1 Å². The van der Waals surface area contributed by atoms with E-state index in [4.69, 9.17) is 9.66 Å². The zero-order valence-electron chi connectivity index (χ0n) is 12.2. The van der Waals surface area contributed by atoms with Crippen LogP contribution in [-0.4, -0.2) is 45.3 Å². The van der Waals surface area contributed by atoms with Crippen molar-refractivity contribution >= 4 is 27.7 Å². The second kappa shape index (κ2) is 6.30. The third kappa shape index (κ3) is 3.79. The summed E-state index contributed by atoms with van der Waals surface area (Å²) in [4.78, 5) is 22.1. The van der Waals surface area contributed by atoms with E-state index in [1.807, 2.05) is 0 Å². The Hall–Kier alpha value is -3.31. The Morgan fingerprint density at radius 1 is 0.880 bits per heavy atom. The van der Waals surface area contributed by atoms with Gasteiger partial charge in [-0.15, -0.1) is 0 Å². The van der Waals surface area contributed by atoms with Gasteiger partial charge >= 0.3 is 5.97 Å².